The number of piperidine rings is 1. The molecule has 2 N–H and O–H groups in total. The van der Waals surface area contributed by atoms with Crippen LogP contribution in [0.3, 0.4) is 0 Å². The second kappa shape index (κ2) is 6.86. The molecule has 6 nitrogen and oxygen atoms in total. The summed E-state index contributed by atoms with van der Waals surface area (Å²) in [6, 6.07) is 9.40. The van der Waals surface area contributed by atoms with Gasteiger partial charge in [-0.15, -0.1) is 0 Å². The van der Waals surface area contributed by atoms with E-state index in [4.69, 9.17) is 0 Å². The number of aromatic amines is 1. The first-order chi connectivity index (χ1) is 11.6. The molecule has 0 bridgehead atoms. The highest BCUT2D eigenvalue weighted by atomic mass is 16.2. The minimum Gasteiger partial charge on any atom is -0.336 e. The van der Waals surface area contributed by atoms with Gasteiger partial charge in [-0.3, -0.25) is 14.7 Å². The predicted molar refractivity (Wildman–Crippen MR) is 91.8 cm³/mol. The molecular weight excluding hydrogens is 304 g/mol. The molecule has 3 rings (SSSR count). The highest BCUT2D eigenvalue weighted by Crippen LogP contribution is 2.21. The molecule has 2 heterocycles. The summed E-state index contributed by atoms with van der Waals surface area (Å²) >= 11 is 0. The van der Waals surface area contributed by atoms with E-state index in [1.165, 1.54) is 0 Å². The number of aromatic nitrogens is 2. The van der Waals surface area contributed by atoms with Gasteiger partial charge in [0.1, 0.15) is 0 Å². The molecule has 1 aromatic carbocycles. The number of carbonyl (C=O) groups is 2. The van der Waals surface area contributed by atoms with Crippen molar-refractivity contribution in [3.63, 3.8) is 0 Å². The minimum atomic E-state index is -0.191. The largest absolute Gasteiger partial charge is 0.336 e. The minimum absolute atomic E-state index is 0.0337. The molecule has 1 unspecified atom stereocenters. The van der Waals surface area contributed by atoms with Gasteiger partial charge in [-0.1, -0.05) is 18.2 Å². The molecule has 6 heteroatoms. The SMILES string of the molecule is Cc1[nH]nc(C(=O)N2CCCC(C(=O)Nc3ccccc3)C2)c1C. The Morgan fingerprint density at radius 1 is 1.25 bits per heavy atom. The smallest absolute Gasteiger partial charge is 0.274 e. The Morgan fingerprint density at radius 3 is 2.67 bits per heavy atom. The van der Waals surface area contributed by atoms with E-state index in [0.717, 1.165) is 29.8 Å². The van der Waals surface area contributed by atoms with E-state index in [2.05, 4.69) is 15.5 Å². The summed E-state index contributed by atoms with van der Waals surface area (Å²) in [7, 11) is 0. The van der Waals surface area contributed by atoms with Gasteiger partial charge in [-0.05, 0) is 38.8 Å². The maximum absolute atomic E-state index is 12.7. The number of rotatable bonds is 3. The molecule has 1 aliphatic rings. The molecule has 2 aromatic rings. The van der Waals surface area contributed by atoms with Crippen LogP contribution in [0.25, 0.3) is 0 Å². The maximum atomic E-state index is 12.7. The van der Waals surface area contributed by atoms with E-state index in [9.17, 15) is 9.59 Å². The lowest BCUT2D eigenvalue weighted by Gasteiger charge is -2.31. The van der Waals surface area contributed by atoms with Crippen LogP contribution < -0.4 is 5.32 Å². The van der Waals surface area contributed by atoms with Crippen molar-refractivity contribution < 1.29 is 9.59 Å². The average Bonchev–Trinajstić information content (AvgIpc) is 2.94. The summed E-state index contributed by atoms with van der Waals surface area (Å²) in [6.45, 7) is 4.88. The van der Waals surface area contributed by atoms with Crippen molar-refractivity contribution in [2.24, 2.45) is 5.92 Å². The summed E-state index contributed by atoms with van der Waals surface area (Å²) in [5.74, 6) is -0.328. The van der Waals surface area contributed by atoms with Crippen LogP contribution in [0.5, 0.6) is 0 Å². The van der Waals surface area contributed by atoms with Gasteiger partial charge < -0.3 is 10.2 Å². The molecule has 126 valence electrons. The number of amides is 2. The zero-order valence-electron chi connectivity index (χ0n) is 14.0. The lowest BCUT2D eigenvalue weighted by molar-refractivity contribution is -0.121. The van der Waals surface area contributed by atoms with Crippen molar-refractivity contribution in [1.29, 1.82) is 0 Å². The fraction of sp³-hybridized carbons (Fsp3) is 0.389. The molecule has 0 aliphatic carbocycles. The molecule has 0 spiro atoms. The Balaban J connectivity index is 1.67. The van der Waals surface area contributed by atoms with E-state index in [1.54, 1.807) is 4.90 Å². The van der Waals surface area contributed by atoms with Gasteiger partial charge in [0.25, 0.3) is 5.91 Å². The molecule has 1 aromatic heterocycles. The zero-order valence-corrected chi connectivity index (χ0v) is 14.0. The molecule has 2 amide bonds. The van der Waals surface area contributed by atoms with Crippen molar-refractivity contribution in [3.05, 3.63) is 47.3 Å². The molecule has 24 heavy (non-hydrogen) atoms. The Kier molecular flexibility index (Phi) is 4.64. The zero-order chi connectivity index (χ0) is 17.1. The molecule has 1 fully saturated rings. The number of H-pyrrole nitrogens is 1. The van der Waals surface area contributed by atoms with Gasteiger partial charge in [0.2, 0.25) is 5.91 Å². The van der Waals surface area contributed by atoms with Gasteiger partial charge >= 0.3 is 0 Å². The first kappa shape index (κ1) is 16.2. The van der Waals surface area contributed by atoms with Gasteiger partial charge in [0, 0.05) is 30.0 Å². The number of benzene rings is 1. The second-order valence-electron chi connectivity index (χ2n) is 6.27. The van der Waals surface area contributed by atoms with Crippen LogP contribution in [0.2, 0.25) is 0 Å². The van der Waals surface area contributed by atoms with Gasteiger partial charge in [0.15, 0.2) is 5.69 Å². The number of para-hydroxylation sites is 1. The van der Waals surface area contributed by atoms with E-state index in [-0.39, 0.29) is 17.7 Å². The molecule has 1 atom stereocenters. The Morgan fingerprint density at radius 2 is 2.00 bits per heavy atom. The number of likely N-dealkylation sites (tertiary alicyclic amines) is 1. The van der Waals surface area contributed by atoms with E-state index < -0.39 is 0 Å². The fourth-order valence-electron chi connectivity index (χ4n) is 2.98. The van der Waals surface area contributed by atoms with Crippen LogP contribution in [0.4, 0.5) is 5.69 Å². The molecule has 1 aliphatic heterocycles. The Bertz CT molecular complexity index is 739. The van der Waals surface area contributed by atoms with Crippen molar-refractivity contribution >= 4 is 17.5 Å². The average molecular weight is 326 g/mol. The van der Waals surface area contributed by atoms with Crippen LogP contribution >= 0.6 is 0 Å². The van der Waals surface area contributed by atoms with Crippen molar-refractivity contribution in [2.75, 3.05) is 18.4 Å². The Hall–Kier alpha value is -2.63. The summed E-state index contributed by atoms with van der Waals surface area (Å²) in [5, 5.41) is 9.89. The number of anilines is 1. The topological polar surface area (TPSA) is 78.1 Å². The third-order valence-corrected chi connectivity index (χ3v) is 4.58. The van der Waals surface area contributed by atoms with Crippen LogP contribution in [0, 0.1) is 19.8 Å². The standard InChI is InChI=1S/C18H22N4O2/c1-12-13(2)20-21-16(12)18(24)22-10-6-7-14(11-22)17(23)19-15-8-4-3-5-9-15/h3-5,8-9,14H,6-7,10-11H2,1-2H3,(H,19,23)(H,20,21). The third-order valence-electron chi connectivity index (χ3n) is 4.58. The maximum Gasteiger partial charge on any atom is 0.274 e. The first-order valence-corrected chi connectivity index (χ1v) is 8.23. The van der Waals surface area contributed by atoms with Crippen LogP contribution in [0.1, 0.15) is 34.6 Å². The van der Waals surface area contributed by atoms with Crippen LogP contribution in [-0.4, -0.2) is 40.0 Å². The highest BCUT2D eigenvalue weighted by molar-refractivity contribution is 5.96. The molecule has 0 radical (unpaired) electrons. The van der Waals surface area contributed by atoms with Gasteiger partial charge in [-0.25, -0.2) is 0 Å². The number of nitrogens with zero attached hydrogens (tertiary/aromatic N) is 2. The van der Waals surface area contributed by atoms with Crippen molar-refractivity contribution in [3.8, 4) is 0 Å². The van der Waals surface area contributed by atoms with Crippen molar-refractivity contribution in [2.45, 2.75) is 26.7 Å². The van der Waals surface area contributed by atoms with E-state index in [1.807, 2.05) is 44.2 Å². The summed E-state index contributed by atoms with van der Waals surface area (Å²) in [6.07, 6.45) is 1.61. The number of carbonyl (C=O) groups excluding carboxylic acids is 2. The number of hydrogen-bond acceptors (Lipinski definition) is 3. The van der Waals surface area contributed by atoms with Crippen LogP contribution in [-0.2, 0) is 4.79 Å². The monoisotopic (exact) mass is 326 g/mol. The van der Waals surface area contributed by atoms with Crippen LogP contribution in [0.15, 0.2) is 30.3 Å². The van der Waals surface area contributed by atoms with Crippen molar-refractivity contribution in [1.82, 2.24) is 15.1 Å². The van der Waals surface area contributed by atoms with Gasteiger partial charge in [0.05, 0.1) is 5.92 Å². The fourth-order valence-corrected chi connectivity index (χ4v) is 2.98. The number of aryl methyl sites for hydroxylation is 1. The molecule has 1 saturated heterocycles. The van der Waals surface area contributed by atoms with E-state index >= 15 is 0 Å². The highest BCUT2D eigenvalue weighted by Gasteiger charge is 2.30. The lowest BCUT2D eigenvalue weighted by Crippen LogP contribution is -2.44. The Labute approximate surface area is 141 Å². The van der Waals surface area contributed by atoms with Gasteiger partial charge in [-0.2, -0.15) is 5.10 Å². The lowest BCUT2D eigenvalue weighted by atomic mass is 9.96. The third kappa shape index (κ3) is 3.32. The number of hydrogen-bond donors (Lipinski definition) is 2. The summed E-state index contributed by atoms with van der Waals surface area (Å²) in [5.41, 5.74) is 3.01. The first-order valence-electron chi connectivity index (χ1n) is 8.23. The summed E-state index contributed by atoms with van der Waals surface area (Å²) in [4.78, 5) is 26.9. The number of nitrogens with one attached hydrogen (secondary N) is 2. The quantitative estimate of drug-likeness (QED) is 0.910. The second-order valence-corrected chi connectivity index (χ2v) is 6.27. The molecule has 0 saturated carbocycles. The molecular formula is C18H22N4O2. The normalized spacial score (nSPS) is 17.6. The predicted octanol–water partition coefficient (Wildman–Crippen LogP) is 2.52. The summed E-state index contributed by atoms with van der Waals surface area (Å²) < 4.78 is 0. The van der Waals surface area contributed by atoms with E-state index in [0.29, 0.717) is 18.8 Å².